The van der Waals surface area contributed by atoms with Crippen LogP contribution < -0.4 is 10.9 Å². The van der Waals surface area contributed by atoms with E-state index < -0.39 is 0 Å². The highest BCUT2D eigenvalue weighted by Gasteiger charge is 2.09. The van der Waals surface area contributed by atoms with Crippen LogP contribution in [-0.4, -0.2) is 15.9 Å². The molecule has 0 atom stereocenters. The van der Waals surface area contributed by atoms with Gasteiger partial charge >= 0.3 is 5.63 Å². The molecule has 2 aromatic carbocycles. The Balaban J connectivity index is 1.59. The lowest BCUT2D eigenvalue weighted by Crippen LogP contribution is -2.13. The molecule has 2 aromatic heterocycles. The highest BCUT2D eigenvalue weighted by molar-refractivity contribution is 6.30. The van der Waals surface area contributed by atoms with Crippen LogP contribution in [0.1, 0.15) is 15.9 Å². The van der Waals surface area contributed by atoms with E-state index >= 15 is 0 Å². The first-order valence-corrected chi connectivity index (χ1v) is 8.81. The molecule has 1 amide bonds. The summed E-state index contributed by atoms with van der Waals surface area (Å²) in [5.74, 6) is -0.146. The third kappa shape index (κ3) is 3.63. The molecule has 2 heterocycles. The number of benzene rings is 2. The molecule has 0 aliphatic rings. The van der Waals surface area contributed by atoms with E-state index in [1.165, 1.54) is 18.5 Å². The zero-order valence-electron chi connectivity index (χ0n) is 14.8. The van der Waals surface area contributed by atoms with Gasteiger partial charge in [0.05, 0.1) is 17.4 Å². The van der Waals surface area contributed by atoms with Gasteiger partial charge in [-0.15, -0.1) is 0 Å². The van der Waals surface area contributed by atoms with E-state index in [0.717, 1.165) is 22.1 Å². The maximum atomic E-state index is 12.3. The molecule has 0 radical (unpaired) electrons. The summed E-state index contributed by atoms with van der Waals surface area (Å²) in [5.41, 5.74) is 3.27. The number of aryl methyl sites for hydroxylation is 1. The number of nitrogens with zero attached hydrogens (tertiary/aromatic N) is 2. The molecular weight excluding hydrogens is 378 g/mol. The van der Waals surface area contributed by atoms with Crippen LogP contribution in [0.25, 0.3) is 22.1 Å². The smallest absolute Gasteiger partial charge is 0.336 e. The minimum Gasteiger partial charge on any atom is -0.423 e. The van der Waals surface area contributed by atoms with E-state index in [2.05, 4.69) is 15.3 Å². The number of amides is 1. The second-order valence-corrected chi connectivity index (χ2v) is 6.65. The van der Waals surface area contributed by atoms with Crippen LogP contribution in [0.15, 0.2) is 70.1 Å². The predicted octanol–water partition coefficient (Wildman–Crippen LogP) is 4.46. The summed E-state index contributed by atoms with van der Waals surface area (Å²) in [5, 5.41) is 3.90. The number of rotatable bonds is 3. The van der Waals surface area contributed by atoms with Crippen molar-refractivity contribution in [1.29, 1.82) is 0 Å². The number of hydrogen-bond donors (Lipinski definition) is 1. The molecule has 0 spiro atoms. The summed E-state index contributed by atoms with van der Waals surface area (Å²) in [4.78, 5) is 31.8. The fourth-order valence-corrected chi connectivity index (χ4v) is 2.97. The zero-order valence-corrected chi connectivity index (χ0v) is 15.5. The molecule has 7 heteroatoms. The molecule has 0 aliphatic carbocycles. The van der Waals surface area contributed by atoms with Gasteiger partial charge in [-0.3, -0.25) is 10.1 Å². The predicted molar refractivity (Wildman–Crippen MR) is 108 cm³/mol. The summed E-state index contributed by atoms with van der Waals surface area (Å²) in [6.07, 6.45) is 2.82. The number of halogens is 1. The van der Waals surface area contributed by atoms with Gasteiger partial charge in [0.15, 0.2) is 0 Å². The largest absolute Gasteiger partial charge is 0.423 e. The van der Waals surface area contributed by atoms with Crippen molar-refractivity contribution in [3.63, 3.8) is 0 Å². The molecule has 0 saturated heterocycles. The third-order valence-corrected chi connectivity index (χ3v) is 4.47. The average molecular weight is 392 g/mol. The molecule has 138 valence electrons. The summed E-state index contributed by atoms with van der Waals surface area (Å²) >= 11 is 5.73. The summed E-state index contributed by atoms with van der Waals surface area (Å²) in [6.45, 7) is 1.87. The van der Waals surface area contributed by atoms with Gasteiger partial charge < -0.3 is 4.42 Å². The normalized spacial score (nSPS) is 10.8. The van der Waals surface area contributed by atoms with Crippen LogP contribution in [0.5, 0.6) is 0 Å². The Kier molecular flexibility index (Phi) is 4.63. The first-order valence-electron chi connectivity index (χ1n) is 8.43. The minimum atomic E-state index is -0.376. The Morgan fingerprint density at radius 3 is 2.39 bits per heavy atom. The van der Waals surface area contributed by atoms with Crippen LogP contribution in [0.4, 0.5) is 5.95 Å². The Morgan fingerprint density at radius 2 is 1.68 bits per heavy atom. The summed E-state index contributed by atoms with van der Waals surface area (Å²) in [6, 6.07) is 14.2. The van der Waals surface area contributed by atoms with Gasteiger partial charge in [-0.05, 0) is 41.8 Å². The lowest BCUT2D eigenvalue weighted by Gasteiger charge is -2.07. The maximum Gasteiger partial charge on any atom is 0.336 e. The van der Waals surface area contributed by atoms with Crippen LogP contribution in [-0.2, 0) is 0 Å². The zero-order chi connectivity index (χ0) is 19.7. The molecule has 1 N–H and O–H groups in total. The highest BCUT2D eigenvalue weighted by Crippen LogP contribution is 2.25. The lowest BCUT2D eigenvalue weighted by atomic mass is 10.0. The van der Waals surface area contributed by atoms with Crippen LogP contribution >= 0.6 is 11.6 Å². The van der Waals surface area contributed by atoms with Crippen molar-refractivity contribution in [3.05, 3.63) is 87.5 Å². The van der Waals surface area contributed by atoms with Gasteiger partial charge in [-0.25, -0.2) is 14.8 Å². The van der Waals surface area contributed by atoms with Gasteiger partial charge in [-0.2, -0.15) is 0 Å². The van der Waals surface area contributed by atoms with Gasteiger partial charge in [0.25, 0.3) is 5.91 Å². The third-order valence-electron chi connectivity index (χ3n) is 4.28. The van der Waals surface area contributed by atoms with Crippen LogP contribution in [0.2, 0.25) is 5.02 Å². The molecule has 6 nitrogen and oxygen atoms in total. The van der Waals surface area contributed by atoms with E-state index in [4.69, 9.17) is 16.0 Å². The fourth-order valence-electron chi connectivity index (χ4n) is 2.87. The van der Waals surface area contributed by atoms with Crippen molar-refractivity contribution < 1.29 is 9.21 Å². The average Bonchev–Trinajstić information content (AvgIpc) is 2.69. The SMILES string of the molecule is Cc1cc(=O)oc2cc(-c3ccc(C(=O)Nc4ncc(Cl)cn4)cc3)ccc12. The Morgan fingerprint density at radius 1 is 1.00 bits per heavy atom. The summed E-state index contributed by atoms with van der Waals surface area (Å²) in [7, 11) is 0. The van der Waals surface area contributed by atoms with E-state index in [1.54, 1.807) is 12.1 Å². The quantitative estimate of drug-likeness (QED) is 0.521. The highest BCUT2D eigenvalue weighted by atomic mass is 35.5. The molecule has 4 aromatic rings. The number of fused-ring (bicyclic) bond motifs is 1. The molecule has 4 rings (SSSR count). The Hall–Kier alpha value is -3.51. The molecule has 0 aliphatic heterocycles. The Labute approximate surface area is 164 Å². The van der Waals surface area contributed by atoms with Gasteiger partial charge in [0.2, 0.25) is 5.95 Å². The molecule has 0 fully saturated rings. The maximum absolute atomic E-state index is 12.3. The first kappa shape index (κ1) is 17.9. The standard InChI is InChI=1S/C21H14ClN3O3/c1-12-8-19(26)28-18-9-15(6-7-17(12)18)13-2-4-14(5-3-13)20(27)25-21-23-10-16(22)11-24-21/h2-11H,1H3,(H,23,24,25,27). The number of nitrogens with one attached hydrogen (secondary N) is 1. The second-order valence-electron chi connectivity index (χ2n) is 6.22. The van der Waals surface area contributed by atoms with E-state index in [1.807, 2.05) is 37.3 Å². The van der Waals surface area contributed by atoms with Crippen molar-refractivity contribution in [3.8, 4) is 11.1 Å². The van der Waals surface area contributed by atoms with Gasteiger partial charge in [0, 0.05) is 17.0 Å². The molecular formula is C21H14ClN3O3. The molecule has 0 bridgehead atoms. The minimum absolute atomic E-state index is 0.179. The first-order chi connectivity index (χ1) is 13.5. The van der Waals surface area contributed by atoms with Gasteiger partial charge in [-0.1, -0.05) is 35.9 Å². The van der Waals surface area contributed by atoms with Crippen molar-refractivity contribution in [1.82, 2.24) is 9.97 Å². The van der Waals surface area contributed by atoms with Crippen molar-refractivity contribution >= 4 is 34.4 Å². The second kappa shape index (κ2) is 7.25. The van der Waals surface area contributed by atoms with Crippen molar-refractivity contribution in [2.75, 3.05) is 5.32 Å². The number of anilines is 1. The topological polar surface area (TPSA) is 85.1 Å². The van der Waals surface area contributed by atoms with E-state index in [9.17, 15) is 9.59 Å². The van der Waals surface area contributed by atoms with Gasteiger partial charge in [0.1, 0.15) is 5.58 Å². The molecule has 0 unspecified atom stereocenters. The van der Waals surface area contributed by atoms with E-state index in [-0.39, 0.29) is 17.5 Å². The lowest BCUT2D eigenvalue weighted by molar-refractivity contribution is 0.102. The molecule has 0 saturated carbocycles. The summed E-state index contributed by atoms with van der Waals surface area (Å²) < 4.78 is 5.30. The van der Waals surface area contributed by atoms with E-state index in [0.29, 0.717) is 16.2 Å². The van der Waals surface area contributed by atoms with Crippen LogP contribution in [0.3, 0.4) is 0 Å². The number of carbonyl (C=O) groups excluding carboxylic acids is 1. The van der Waals surface area contributed by atoms with Crippen molar-refractivity contribution in [2.24, 2.45) is 0 Å². The van der Waals surface area contributed by atoms with Crippen LogP contribution in [0, 0.1) is 6.92 Å². The fraction of sp³-hybridized carbons (Fsp3) is 0.0476. The van der Waals surface area contributed by atoms with Crippen molar-refractivity contribution in [2.45, 2.75) is 6.92 Å². The number of aromatic nitrogens is 2. The number of hydrogen-bond acceptors (Lipinski definition) is 5. The molecule has 28 heavy (non-hydrogen) atoms. The Bertz CT molecular complexity index is 1230. The number of carbonyl (C=O) groups is 1. The monoisotopic (exact) mass is 391 g/mol.